The maximum Gasteiger partial charge on any atom is 0.328 e. The molecule has 0 radical (unpaired) electrons. The van der Waals surface area contributed by atoms with E-state index in [0.717, 1.165) is 12.1 Å². The first kappa shape index (κ1) is 13.2. The van der Waals surface area contributed by atoms with Crippen LogP contribution in [0.1, 0.15) is 46.0 Å². The van der Waals surface area contributed by atoms with Crippen molar-refractivity contribution in [3.05, 3.63) is 11.6 Å². The Kier molecular flexibility index (Phi) is 5.00. The highest BCUT2D eigenvalue weighted by Gasteiger charge is 2.31. The second kappa shape index (κ2) is 6.04. The van der Waals surface area contributed by atoms with E-state index in [1.54, 1.807) is 0 Å². The van der Waals surface area contributed by atoms with Crippen LogP contribution < -0.4 is 5.32 Å². The summed E-state index contributed by atoms with van der Waals surface area (Å²) in [6.45, 7) is 5.82. The van der Waals surface area contributed by atoms with E-state index in [9.17, 15) is 4.79 Å². The van der Waals surface area contributed by atoms with Gasteiger partial charge >= 0.3 is 5.97 Å². The molecule has 0 spiro atoms. The van der Waals surface area contributed by atoms with Crippen LogP contribution in [0.3, 0.4) is 0 Å². The molecule has 1 aliphatic carbocycles. The van der Waals surface area contributed by atoms with Crippen LogP contribution in [0.2, 0.25) is 0 Å². The third kappa shape index (κ3) is 3.97. The number of carboxylic acids is 1. The number of aliphatic carboxylic acids is 1. The molecule has 1 saturated carbocycles. The Morgan fingerprint density at radius 2 is 2.06 bits per heavy atom. The second-order valence-corrected chi connectivity index (χ2v) is 4.99. The molecular formula is C13H23NO2. The maximum atomic E-state index is 10.4. The Hall–Kier alpha value is -0.830. The highest BCUT2D eigenvalue weighted by atomic mass is 16.4. The summed E-state index contributed by atoms with van der Waals surface area (Å²) in [5.41, 5.74) is 1.36. The quantitative estimate of drug-likeness (QED) is 0.683. The zero-order valence-electron chi connectivity index (χ0n) is 10.4. The van der Waals surface area contributed by atoms with E-state index >= 15 is 0 Å². The summed E-state index contributed by atoms with van der Waals surface area (Å²) < 4.78 is 0. The predicted octanol–water partition coefficient (Wildman–Crippen LogP) is 2.58. The first-order chi connectivity index (χ1) is 7.58. The second-order valence-electron chi connectivity index (χ2n) is 4.99. The fourth-order valence-corrected chi connectivity index (χ4v) is 2.57. The molecule has 0 heterocycles. The lowest BCUT2D eigenvalue weighted by Crippen LogP contribution is -2.32. The van der Waals surface area contributed by atoms with Crippen molar-refractivity contribution in [3.63, 3.8) is 0 Å². The van der Waals surface area contributed by atoms with E-state index in [0.29, 0.717) is 12.0 Å². The molecular weight excluding hydrogens is 202 g/mol. The maximum absolute atomic E-state index is 10.4. The first-order valence-corrected chi connectivity index (χ1v) is 6.19. The van der Waals surface area contributed by atoms with Gasteiger partial charge in [-0.1, -0.05) is 25.3 Å². The van der Waals surface area contributed by atoms with Gasteiger partial charge in [-0.2, -0.15) is 0 Å². The lowest BCUT2D eigenvalue weighted by molar-refractivity contribution is -0.131. The largest absolute Gasteiger partial charge is 0.478 e. The van der Waals surface area contributed by atoms with Gasteiger partial charge in [0.1, 0.15) is 0 Å². The van der Waals surface area contributed by atoms with Gasteiger partial charge in [0, 0.05) is 19.2 Å². The van der Waals surface area contributed by atoms with E-state index in [4.69, 9.17) is 5.11 Å². The third-order valence-corrected chi connectivity index (χ3v) is 3.69. The van der Waals surface area contributed by atoms with E-state index in [1.807, 2.05) is 6.92 Å². The van der Waals surface area contributed by atoms with E-state index in [1.165, 1.54) is 38.2 Å². The molecule has 3 heteroatoms. The average Bonchev–Trinajstić information content (AvgIpc) is 2.66. The van der Waals surface area contributed by atoms with Crippen molar-refractivity contribution in [3.8, 4) is 0 Å². The smallest absolute Gasteiger partial charge is 0.328 e. The average molecular weight is 225 g/mol. The van der Waals surface area contributed by atoms with Crippen LogP contribution in [-0.2, 0) is 4.79 Å². The van der Waals surface area contributed by atoms with E-state index in [-0.39, 0.29) is 0 Å². The summed E-state index contributed by atoms with van der Waals surface area (Å²) in [7, 11) is 0. The van der Waals surface area contributed by atoms with Crippen molar-refractivity contribution >= 4 is 5.97 Å². The highest BCUT2D eigenvalue weighted by molar-refractivity contribution is 5.80. The monoisotopic (exact) mass is 225 g/mol. The number of carboxylic acid groups (broad SMARTS) is 1. The zero-order valence-corrected chi connectivity index (χ0v) is 10.4. The molecule has 3 nitrogen and oxygen atoms in total. The molecule has 0 bridgehead atoms. The third-order valence-electron chi connectivity index (χ3n) is 3.69. The molecule has 92 valence electrons. The molecule has 0 saturated heterocycles. The molecule has 1 aliphatic rings. The van der Waals surface area contributed by atoms with Gasteiger partial charge in [-0.3, -0.25) is 0 Å². The molecule has 0 unspecified atom stereocenters. The summed E-state index contributed by atoms with van der Waals surface area (Å²) >= 11 is 0. The minimum absolute atomic E-state index is 0.476. The molecule has 2 N–H and O–H groups in total. The molecule has 1 rings (SSSR count). The van der Waals surface area contributed by atoms with Crippen molar-refractivity contribution in [2.45, 2.75) is 46.0 Å². The van der Waals surface area contributed by atoms with Crippen LogP contribution in [0.15, 0.2) is 11.6 Å². The van der Waals surface area contributed by atoms with Crippen LogP contribution in [0.25, 0.3) is 0 Å². The molecule has 0 atom stereocenters. The number of nitrogens with one attached hydrogen (secondary N) is 1. The van der Waals surface area contributed by atoms with Gasteiger partial charge in [-0.05, 0) is 31.6 Å². The van der Waals surface area contributed by atoms with Gasteiger partial charge in [0.25, 0.3) is 0 Å². The lowest BCUT2D eigenvalue weighted by Gasteiger charge is -2.27. The van der Waals surface area contributed by atoms with Gasteiger partial charge in [-0.15, -0.1) is 0 Å². The number of hydrogen-bond acceptors (Lipinski definition) is 2. The molecule has 0 aromatic carbocycles. The van der Waals surface area contributed by atoms with E-state index in [2.05, 4.69) is 12.2 Å². The fraction of sp³-hybridized carbons (Fsp3) is 0.769. The fourth-order valence-electron chi connectivity index (χ4n) is 2.57. The normalized spacial score (nSPS) is 20.0. The summed E-state index contributed by atoms with van der Waals surface area (Å²) in [5.74, 6) is -0.856. The Balaban J connectivity index is 2.31. The first-order valence-electron chi connectivity index (χ1n) is 6.19. The van der Waals surface area contributed by atoms with Gasteiger partial charge < -0.3 is 10.4 Å². The Morgan fingerprint density at radius 3 is 2.56 bits per heavy atom. The minimum atomic E-state index is -0.856. The highest BCUT2D eigenvalue weighted by Crippen LogP contribution is 2.40. The van der Waals surface area contributed by atoms with Crippen molar-refractivity contribution in [1.82, 2.24) is 5.32 Å². The molecule has 1 fully saturated rings. The molecule has 0 aromatic rings. The predicted molar refractivity (Wildman–Crippen MR) is 65.5 cm³/mol. The van der Waals surface area contributed by atoms with Crippen LogP contribution in [0.4, 0.5) is 0 Å². The van der Waals surface area contributed by atoms with Crippen LogP contribution >= 0.6 is 0 Å². The number of carbonyl (C=O) groups is 1. The van der Waals surface area contributed by atoms with Gasteiger partial charge in [0.05, 0.1) is 0 Å². The number of hydrogen-bond donors (Lipinski definition) is 2. The van der Waals surface area contributed by atoms with Gasteiger partial charge in [0.2, 0.25) is 0 Å². The Morgan fingerprint density at radius 1 is 1.44 bits per heavy atom. The van der Waals surface area contributed by atoms with Crippen molar-refractivity contribution in [2.24, 2.45) is 5.41 Å². The SMILES string of the molecule is CCC1(CNCC(C)=CC(=O)O)CCCC1. The Bertz CT molecular complexity index is 265. The summed E-state index contributed by atoms with van der Waals surface area (Å²) in [5, 5.41) is 12.0. The molecule has 0 amide bonds. The van der Waals surface area contributed by atoms with Crippen LogP contribution in [-0.4, -0.2) is 24.2 Å². The van der Waals surface area contributed by atoms with Crippen LogP contribution in [0.5, 0.6) is 0 Å². The lowest BCUT2D eigenvalue weighted by atomic mass is 9.83. The molecule has 0 aromatic heterocycles. The topological polar surface area (TPSA) is 49.3 Å². The molecule has 16 heavy (non-hydrogen) atoms. The summed E-state index contributed by atoms with van der Waals surface area (Å²) in [4.78, 5) is 10.4. The molecule has 0 aliphatic heterocycles. The summed E-state index contributed by atoms with van der Waals surface area (Å²) in [6, 6.07) is 0. The van der Waals surface area contributed by atoms with Crippen molar-refractivity contribution in [1.29, 1.82) is 0 Å². The minimum Gasteiger partial charge on any atom is -0.478 e. The Labute approximate surface area is 97.9 Å². The standard InChI is InChI=1S/C13H23NO2/c1-3-13(6-4-5-7-13)10-14-9-11(2)8-12(15)16/h8,14H,3-7,9-10H2,1-2H3,(H,15,16). The van der Waals surface area contributed by atoms with Crippen LogP contribution in [0, 0.1) is 5.41 Å². The van der Waals surface area contributed by atoms with E-state index < -0.39 is 5.97 Å². The van der Waals surface area contributed by atoms with Crippen molar-refractivity contribution < 1.29 is 9.90 Å². The van der Waals surface area contributed by atoms with Gasteiger partial charge in [0.15, 0.2) is 0 Å². The summed E-state index contributed by atoms with van der Waals surface area (Å²) in [6.07, 6.45) is 7.83. The number of rotatable bonds is 6. The van der Waals surface area contributed by atoms with Crippen molar-refractivity contribution in [2.75, 3.05) is 13.1 Å². The van der Waals surface area contributed by atoms with Gasteiger partial charge in [-0.25, -0.2) is 4.79 Å². The zero-order chi connectivity index (χ0) is 12.0.